The highest BCUT2D eigenvalue weighted by Gasteiger charge is 1.99. The molecule has 2 aromatic carbocycles. The van der Waals surface area contributed by atoms with Crippen LogP contribution < -0.4 is 10.6 Å². The van der Waals surface area contributed by atoms with E-state index >= 15 is 0 Å². The summed E-state index contributed by atoms with van der Waals surface area (Å²) in [5.41, 5.74) is 1.33. The number of nitrogens with one attached hydrogen (secondary N) is 2. The molecule has 0 amide bonds. The Morgan fingerprint density at radius 3 is 2.30 bits per heavy atom. The van der Waals surface area contributed by atoms with Crippen molar-refractivity contribution in [3.8, 4) is 0 Å². The molecule has 0 radical (unpaired) electrons. The van der Waals surface area contributed by atoms with Crippen LogP contribution >= 0.6 is 24.8 Å². The standard InChI is InChI=1S/C15H20N2O.2ClH/c18-11-10-16-8-9-17-12-14-6-3-5-13-4-1-2-7-15(13)14;;/h1-7,16-18H,8-12H2;2*1H. The van der Waals surface area contributed by atoms with Gasteiger partial charge in [-0.15, -0.1) is 24.8 Å². The molecule has 0 spiro atoms. The molecule has 0 saturated heterocycles. The average Bonchev–Trinajstić information content (AvgIpc) is 2.43. The van der Waals surface area contributed by atoms with Gasteiger partial charge in [-0.25, -0.2) is 0 Å². The Hall–Kier alpha value is -0.840. The number of halogens is 2. The van der Waals surface area contributed by atoms with Gasteiger partial charge in [0.25, 0.3) is 0 Å². The van der Waals surface area contributed by atoms with Crippen LogP contribution in [-0.4, -0.2) is 31.3 Å². The molecule has 3 N–H and O–H groups in total. The van der Waals surface area contributed by atoms with E-state index in [1.54, 1.807) is 0 Å². The van der Waals surface area contributed by atoms with Gasteiger partial charge in [0.15, 0.2) is 0 Å². The predicted molar refractivity (Wildman–Crippen MR) is 90.1 cm³/mol. The Balaban J connectivity index is 0.00000180. The number of hydrogen-bond acceptors (Lipinski definition) is 3. The van der Waals surface area contributed by atoms with E-state index in [0.29, 0.717) is 6.54 Å². The molecular weight excluding hydrogens is 295 g/mol. The molecule has 0 heterocycles. The van der Waals surface area contributed by atoms with Crippen LogP contribution in [0.4, 0.5) is 0 Å². The maximum atomic E-state index is 8.64. The van der Waals surface area contributed by atoms with Gasteiger partial charge in [0.2, 0.25) is 0 Å². The number of rotatable bonds is 7. The molecule has 112 valence electrons. The van der Waals surface area contributed by atoms with Crippen molar-refractivity contribution in [2.75, 3.05) is 26.2 Å². The third-order valence-corrected chi connectivity index (χ3v) is 2.96. The number of aliphatic hydroxyl groups is 1. The normalized spacial score (nSPS) is 9.85. The molecule has 0 aliphatic heterocycles. The van der Waals surface area contributed by atoms with Crippen molar-refractivity contribution in [1.82, 2.24) is 10.6 Å². The van der Waals surface area contributed by atoms with E-state index < -0.39 is 0 Å². The van der Waals surface area contributed by atoms with Crippen LogP contribution in [0.5, 0.6) is 0 Å². The highest BCUT2D eigenvalue weighted by molar-refractivity contribution is 5.86. The van der Waals surface area contributed by atoms with Gasteiger partial charge in [-0.2, -0.15) is 0 Å². The van der Waals surface area contributed by atoms with E-state index in [4.69, 9.17) is 5.11 Å². The van der Waals surface area contributed by atoms with Crippen molar-refractivity contribution >= 4 is 35.6 Å². The summed E-state index contributed by atoms with van der Waals surface area (Å²) in [7, 11) is 0. The van der Waals surface area contributed by atoms with Crippen molar-refractivity contribution in [3.05, 3.63) is 48.0 Å². The van der Waals surface area contributed by atoms with Gasteiger partial charge in [0.05, 0.1) is 6.61 Å². The average molecular weight is 317 g/mol. The number of aliphatic hydroxyl groups excluding tert-OH is 1. The topological polar surface area (TPSA) is 44.3 Å². The zero-order valence-corrected chi connectivity index (χ0v) is 13.0. The number of benzene rings is 2. The van der Waals surface area contributed by atoms with Crippen LogP contribution in [0, 0.1) is 0 Å². The highest BCUT2D eigenvalue weighted by Crippen LogP contribution is 2.17. The Labute approximate surface area is 132 Å². The zero-order chi connectivity index (χ0) is 12.6. The van der Waals surface area contributed by atoms with Crippen LogP contribution in [0.25, 0.3) is 10.8 Å². The lowest BCUT2D eigenvalue weighted by atomic mass is 10.0. The van der Waals surface area contributed by atoms with Crippen LogP contribution in [-0.2, 0) is 6.54 Å². The Morgan fingerprint density at radius 1 is 0.800 bits per heavy atom. The second-order valence-corrected chi connectivity index (χ2v) is 4.29. The lowest BCUT2D eigenvalue weighted by Crippen LogP contribution is -2.28. The maximum Gasteiger partial charge on any atom is 0.0555 e. The molecule has 0 fully saturated rings. The van der Waals surface area contributed by atoms with Gasteiger partial charge < -0.3 is 15.7 Å². The van der Waals surface area contributed by atoms with E-state index in [0.717, 1.165) is 19.6 Å². The van der Waals surface area contributed by atoms with Gasteiger partial charge in [-0.05, 0) is 16.3 Å². The van der Waals surface area contributed by atoms with Gasteiger partial charge in [-0.1, -0.05) is 42.5 Å². The fourth-order valence-electron chi connectivity index (χ4n) is 2.05. The summed E-state index contributed by atoms with van der Waals surface area (Å²) >= 11 is 0. The molecule has 0 saturated carbocycles. The second-order valence-electron chi connectivity index (χ2n) is 4.29. The minimum Gasteiger partial charge on any atom is -0.395 e. The van der Waals surface area contributed by atoms with E-state index in [1.807, 2.05) is 0 Å². The van der Waals surface area contributed by atoms with E-state index in [-0.39, 0.29) is 31.4 Å². The SMILES string of the molecule is Cl.Cl.OCCNCCNCc1cccc2ccccc12. The first-order valence-electron chi connectivity index (χ1n) is 6.41. The molecule has 5 heteroatoms. The summed E-state index contributed by atoms with van der Waals surface area (Å²) in [5.74, 6) is 0. The summed E-state index contributed by atoms with van der Waals surface area (Å²) < 4.78 is 0. The van der Waals surface area contributed by atoms with Crippen molar-refractivity contribution in [2.24, 2.45) is 0 Å². The molecule has 0 aromatic heterocycles. The molecule has 0 unspecified atom stereocenters. The van der Waals surface area contributed by atoms with Gasteiger partial charge in [0.1, 0.15) is 0 Å². The quantitative estimate of drug-likeness (QED) is 0.687. The molecule has 2 rings (SSSR count). The lowest BCUT2D eigenvalue weighted by molar-refractivity contribution is 0.292. The summed E-state index contributed by atoms with van der Waals surface area (Å²) in [6.07, 6.45) is 0. The fraction of sp³-hybridized carbons (Fsp3) is 0.333. The first-order valence-corrected chi connectivity index (χ1v) is 6.41. The number of hydrogen-bond donors (Lipinski definition) is 3. The van der Waals surface area contributed by atoms with Gasteiger partial charge in [-0.3, -0.25) is 0 Å². The van der Waals surface area contributed by atoms with E-state index in [1.165, 1.54) is 16.3 Å². The maximum absolute atomic E-state index is 8.64. The summed E-state index contributed by atoms with van der Waals surface area (Å²) in [6, 6.07) is 14.9. The van der Waals surface area contributed by atoms with Crippen LogP contribution in [0.15, 0.2) is 42.5 Å². The van der Waals surface area contributed by atoms with Crippen LogP contribution in [0.3, 0.4) is 0 Å². The largest absolute Gasteiger partial charge is 0.395 e. The first-order chi connectivity index (χ1) is 8.92. The molecule has 0 atom stereocenters. The monoisotopic (exact) mass is 316 g/mol. The Kier molecular flexibility index (Phi) is 10.4. The molecule has 2 aromatic rings. The van der Waals surface area contributed by atoms with Crippen molar-refractivity contribution in [1.29, 1.82) is 0 Å². The summed E-state index contributed by atoms with van der Waals surface area (Å²) in [6.45, 7) is 3.52. The Bertz CT molecular complexity index is 489. The number of fused-ring (bicyclic) bond motifs is 1. The molecule has 3 nitrogen and oxygen atoms in total. The van der Waals surface area contributed by atoms with E-state index in [2.05, 4.69) is 53.1 Å². The summed E-state index contributed by atoms with van der Waals surface area (Å²) in [4.78, 5) is 0. The lowest BCUT2D eigenvalue weighted by Gasteiger charge is -2.08. The molecule has 0 bridgehead atoms. The molecular formula is C15H22Cl2N2O. The zero-order valence-electron chi connectivity index (χ0n) is 11.3. The fourth-order valence-corrected chi connectivity index (χ4v) is 2.05. The van der Waals surface area contributed by atoms with E-state index in [9.17, 15) is 0 Å². The van der Waals surface area contributed by atoms with Crippen molar-refractivity contribution < 1.29 is 5.11 Å². The highest BCUT2D eigenvalue weighted by atomic mass is 35.5. The second kappa shape index (κ2) is 10.9. The molecule has 20 heavy (non-hydrogen) atoms. The molecule has 0 aliphatic carbocycles. The smallest absolute Gasteiger partial charge is 0.0555 e. The summed E-state index contributed by atoms with van der Waals surface area (Å²) in [5, 5.41) is 17.8. The van der Waals surface area contributed by atoms with Crippen LogP contribution in [0.2, 0.25) is 0 Å². The third-order valence-electron chi connectivity index (χ3n) is 2.96. The van der Waals surface area contributed by atoms with Crippen molar-refractivity contribution in [2.45, 2.75) is 6.54 Å². The minimum atomic E-state index is 0. The molecule has 0 aliphatic rings. The third kappa shape index (κ3) is 5.65. The minimum absolute atomic E-state index is 0. The Morgan fingerprint density at radius 2 is 1.50 bits per heavy atom. The predicted octanol–water partition coefficient (Wildman–Crippen LogP) is 2.35. The van der Waals surface area contributed by atoms with Crippen LogP contribution in [0.1, 0.15) is 5.56 Å². The van der Waals surface area contributed by atoms with Crippen molar-refractivity contribution in [3.63, 3.8) is 0 Å². The van der Waals surface area contributed by atoms with Gasteiger partial charge >= 0.3 is 0 Å². The first kappa shape index (κ1) is 19.2. The van der Waals surface area contributed by atoms with Gasteiger partial charge in [0, 0.05) is 26.2 Å².